The number of hydrogen-bond acceptors (Lipinski definition) is 3. The Balaban J connectivity index is 2.16. The van der Waals surface area contributed by atoms with E-state index in [4.69, 9.17) is 11.6 Å². The molecule has 14 heavy (non-hydrogen) atoms. The molecule has 0 radical (unpaired) electrons. The molecule has 0 aromatic carbocycles. The van der Waals surface area contributed by atoms with Gasteiger partial charge < -0.3 is 5.32 Å². The molecule has 0 fully saturated rings. The third-order valence-electron chi connectivity index (χ3n) is 1.39. The molecular weight excluding hydrogens is 237 g/mol. The minimum Gasteiger partial charge on any atom is -0.310 e. The fourth-order valence-corrected chi connectivity index (χ4v) is 1.72. The van der Waals surface area contributed by atoms with Crippen LogP contribution in [0.25, 0.3) is 0 Å². The van der Waals surface area contributed by atoms with Gasteiger partial charge in [0.15, 0.2) is 0 Å². The molecule has 0 aliphatic rings. The maximum atomic E-state index is 11.7. The van der Waals surface area contributed by atoms with Crippen LogP contribution in [-0.2, 0) is 6.54 Å². The highest BCUT2D eigenvalue weighted by atomic mass is 35.5. The Morgan fingerprint density at radius 3 is 2.71 bits per heavy atom. The van der Waals surface area contributed by atoms with E-state index < -0.39 is 12.6 Å². The van der Waals surface area contributed by atoms with Gasteiger partial charge in [-0.2, -0.15) is 13.2 Å². The zero-order chi connectivity index (χ0) is 10.6. The summed E-state index contributed by atoms with van der Waals surface area (Å²) in [6, 6.07) is 0. The number of nitrogens with one attached hydrogen (secondary N) is 1. The lowest BCUT2D eigenvalue weighted by molar-refractivity contribution is -0.133. The Morgan fingerprint density at radius 2 is 2.21 bits per heavy atom. The molecule has 0 bridgehead atoms. The monoisotopic (exact) mass is 244 g/mol. The van der Waals surface area contributed by atoms with Crippen LogP contribution in [0.15, 0.2) is 6.20 Å². The second kappa shape index (κ2) is 4.95. The molecule has 1 heterocycles. The smallest absolute Gasteiger partial charge is 0.310 e. The van der Waals surface area contributed by atoms with Crippen molar-refractivity contribution in [3.63, 3.8) is 0 Å². The molecule has 0 saturated carbocycles. The first-order valence-corrected chi connectivity index (χ1v) is 5.04. The van der Waals surface area contributed by atoms with Crippen LogP contribution in [0.4, 0.5) is 13.2 Å². The topological polar surface area (TPSA) is 24.9 Å². The predicted octanol–water partition coefficient (Wildman–Crippen LogP) is 2.84. The van der Waals surface area contributed by atoms with Gasteiger partial charge in [-0.3, -0.25) is 0 Å². The van der Waals surface area contributed by atoms with Gasteiger partial charge in [-0.1, -0.05) is 11.6 Å². The maximum Gasteiger partial charge on any atom is 0.390 e. The van der Waals surface area contributed by atoms with E-state index in [0.717, 1.165) is 0 Å². The van der Waals surface area contributed by atoms with Crippen LogP contribution < -0.4 is 5.32 Å². The van der Waals surface area contributed by atoms with Crippen molar-refractivity contribution in [2.45, 2.75) is 19.1 Å². The molecule has 0 amide bonds. The van der Waals surface area contributed by atoms with Crippen LogP contribution in [0.2, 0.25) is 4.34 Å². The minimum atomic E-state index is -4.10. The fourth-order valence-electron chi connectivity index (χ4n) is 0.795. The number of halogens is 4. The number of aromatic nitrogens is 1. The van der Waals surface area contributed by atoms with Crippen LogP contribution in [0, 0.1) is 0 Å². The number of rotatable bonds is 4. The summed E-state index contributed by atoms with van der Waals surface area (Å²) in [6.07, 6.45) is -3.45. The molecule has 1 rings (SSSR count). The van der Waals surface area contributed by atoms with E-state index >= 15 is 0 Å². The molecule has 0 aliphatic carbocycles. The average molecular weight is 245 g/mol. The maximum absolute atomic E-state index is 11.7. The van der Waals surface area contributed by atoms with Gasteiger partial charge in [-0.25, -0.2) is 4.98 Å². The summed E-state index contributed by atoms with van der Waals surface area (Å²) in [5.74, 6) is 0. The van der Waals surface area contributed by atoms with E-state index in [1.807, 2.05) is 0 Å². The van der Waals surface area contributed by atoms with Gasteiger partial charge in [0.2, 0.25) is 0 Å². The normalized spacial score (nSPS) is 12.0. The minimum absolute atomic E-state index is 0.0965. The first kappa shape index (κ1) is 11.7. The molecule has 0 unspecified atom stereocenters. The van der Waals surface area contributed by atoms with Gasteiger partial charge in [-0.15, -0.1) is 11.3 Å². The largest absolute Gasteiger partial charge is 0.390 e. The van der Waals surface area contributed by atoms with Crippen LogP contribution in [0.5, 0.6) is 0 Å². The number of hydrogen-bond donors (Lipinski definition) is 1. The van der Waals surface area contributed by atoms with Crippen LogP contribution in [0.3, 0.4) is 0 Å². The van der Waals surface area contributed by atoms with Crippen molar-refractivity contribution < 1.29 is 13.2 Å². The van der Waals surface area contributed by atoms with Crippen molar-refractivity contribution in [3.8, 4) is 0 Å². The van der Waals surface area contributed by atoms with Gasteiger partial charge in [0, 0.05) is 13.1 Å². The van der Waals surface area contributed by atoms with E-state index in [0.29, 0.717) is 15.9 Å². The van der Waals surface area contributed by atoms with Crippen LogP contribution >= 0.6 is 22.9 Å². The van der Waals surface area contributed by atoms with Crippen LogP contribution in [0.1, 0.15) is 11.4 Å². The quantitative estimate of drug-likeness (QED) is 0.824. The van der Waals surface area contributed by atoms with E-state index in [1.54, 1.807) is 0 Å². The average Bonchev–Trinajstić information content (AvgIpc) is 2.44. The van der Waals surface area contributed by atoms with Gasteiger partial charge in [0.25, 0.3) is 0 Å². The fraction of sp³-hybridized carbons (Fsp3) is 0.571. The summed E-state index contributed by atoms with van der Waals surface area (Å²) in [5, 5.41) is 3.33. The van der Waals surface area contributed by atoms with Crippen molar-refractivity contribution in [1.29, 1.82) is 0 Å². The summed E-state index contributed by atoms with van der Waals surface area (Å²) in [6.45, 7) is 0.230. The zero-order valence-corrected chi connectivity index (χ0v) is 8.64. The first-order chi connectivity index (χ1) is 6.47. The summed E-state index contributed by atoms with van der Waals surface area (Å²) in [5.41, 5.74) is 0. The lowest BCUT2D eigenvalue weighted by atomic mass is 10.4. The Labute approximate surface area is 88.1 Å². The van der Waals surface area contributed by atoms with Gasteiger partial charge in [0.1, 0.15) is 9.34 Å². The lowest BCUT2D eigenvalue weighted by Gasteiger charge is -2.05. The van der Waals surface area contributed by atoms with Crippen molar-refractivity contribution >= 4 is 22.9 Å². The number of alkyl halides is 3. The Morgan fingerprint density at radius 1 is 1.50 bits per heavy atom. The lowest BCUT2D eigenvalue weighted by Crippen LogP contribution is -2.21. The predicted molar refractivity (Wildman–Crippen MR) is 49.5 cm³/mol. The van der Waals surface area contributed by atoms with E-state index in [9.17, 15) is 13.2 Å². The van der Waals surface area contributed by atoms with Crippen molar-refractivity contribution in [2.75, 3.05) is 6.54 Å². The number of nitrogens with zero attached hydrogens (tertiary/aromatic N) is 1. The van der Waals surface area contributed by atoms with E-state index in [2.05, 4.69) is 10.3 Å². The Bertz CT molecular complexity index is 287. The summed E-state index contributed by atoms with van der Waals surface area (Å²) < 4.78 is 35.7. The molecule has 1 N–H and O–H groups in total. The van der Waals surface area contributed by atoms with Crippen molar-refractivity contribution in [2.24, 2.45) is 0 Å². The van der Waals surface area contributed by atoms with Crippen molar-refractivity contribution in [1.82, 2.24) is 10.3 Å². The van der Waals surface area contributed by atoms with Gasteiger partial charge >= 0.3 is 6.18 Å². The second-order valence-electron chi connectivity index (χ2n) is 2.60. The molecule has 1 aromatic heterocycles. The number of thiazole rings is 1. The molecule has 7 heteroatoms. The van der Waals surface area contributed by atoms with E-state index in [1.165, 1.54) is 17.5 Å². The summed E-state index contributed by atoms with van der Waals surface area (Å²) in [4.78, 5) is 3.89. The summed E-state index contributed by atoms with van der Waals surface area (Å²) in [7, 11) is 0. The highest BCUT2D eigenvalue weighted by Gasteiger charge is 2.25. The third kappa shape index (κ3) is 4.78. The molecule has 0 spiro atoms. The summed E-state index contributed by atoms with van der Waals surface area (Å²) >= 11 is 6.85. The molecule has 0 aliphatic heterocycles. The molecule has 80 valence electrons. The molecule has 2 nitrogen and oxygen atoms in total. The Hall–Kier alpha value is -0.330. The SMILES string of the molecule is FC(F)(F)CCNCc1ncc(Cl)s1. The van der Waals surface area contributed by atoms with Gasteiger partial charge in [-0.05, 0) is 0 Å². The molecule has 0 saturated heterocycles. The standard InChI is InChI=1S/C7H8ClF3N2S/c8-5-3-13-6(14-5)4-12-2-1-7(9,10)11/h3,12H,1-2,4H2. The highest BCUT2D eigenvalue weighted by Crippen LogP contribution is 2.19. The first-order valence-electron chi connectivity index (χ1n) is 3.85. The highest BCUT2D eigenvalue weighted by molar-refractivity contribution is 7.15. The van der Waals surface area contributed by atoms with Crippen molar-refractivity contribution in [3.05, 3.63) is 15.5 Å². The molecule has 1 aromatic rings. The Kier molecular flexibility index (Phi) is 4.15. The second-order valence-corrected chi connectivity index (χ2v) is 4.35. The third-order valence-corrected chi connectivity index (χ3v) is 2.50. The van der Waals surface area contributed by atoms with Crippen LogP contribution in [-0.4, -0.2) is 17.7 Å². The van der Waals surface area contributed by atoms with Gasteiger partial charge in [0.05, 0.1) is 12.6 Å². The zero-order valence-electron chi connectivity index (χ0n) is 7.07. The van der Waals surface area contributed by atoms with E-state index in [-0.39, 0.29) is 6.54 Å². The molecule has 0 atom stereocenters. The molecular formula is C7H8ClF3N2S.